The van der Waals surface area contributed by atoms with Gasteiger partial charge in [-0.25, -0.2) is 0 Å². The number of fused-ring (bicyclic) bond motifs is 1. The molecule has 0 atom stereocenters. The summed E-state index contributed by atoms with van der Waals surface area (Å²) in [4.78, 5) is 13.3. The predicted octanol–water partition coefficient (Wildman–Crippen LogP) is 4.12. The molecule has 1 aliphatic heterocycles. The number of hydrogen-bond donors (Lipinski definition) is 2. The van der Waals surface area contributed by atoms with Crippen LogP contribution in [0.5, 0.6) is 0 Å². The molecule has 3 rings (SSSR count). The lowest BCUT2D eigenvalue weighted by Crippen LogP contribution is -2.05. The van der Waals surface area contributed by atoms with Crippen molar-refractivity contribution in [2.24, 2.45) is 0 Å². The minimum atomic E-state index is -0.0625. The monoisotopic (exact) mass is 296 g/mol. The van der Waals surface area contributed by atoms with Gasteiger partial charge in [-0.2, -0.15) is 0 Å². The first kappa shape index (κ1) is 13.8. The quantitative estimate of drug-likeness (QED) is 0.661. The molecule has 1 heterocycles. The number of anilines is 2. The Morgan fingerprint density at radius 3 is 2.62 bits per heavy atom. The van der Waals surface area contributed by atoms with Gasteiger partial charge < -0.3 is 10.6 Å². The standard InChI is InChI=1S/C17H16N2OS/c1-11-4-3-5-15-16(11)14(17(20)19-15)10-18-12-6-8-13(21-2)9-7-12/h3-10,18H,1-2H3,(H,19,20)/b14-10+. The molecule has 0 aliphatic carbocycles. The van der Waals surface area contributed by atoms with E-state index in [0.717, 1.165) is 22.5 Å². The fourth-order valence-corrected chi connectivity index (χ4v) is 2.82. The van der Waals surface area contributed by atoms with Crippen LogP contribution >= 0.6 is 11.8 Å². The van der Waals surface area contributed by atoms with Crippen LogP contribution in [-0.4, -0.2) is 12.2 Å². The second kappa shape index (κ2) is 5.66. The fourth-order valence-electron chi connectivity index (χ4n) is 2.41. The molecule has 21 heavy (non-hydrogen) atoms. The topological polar surface area (TPSA) is 41.1 Å². The van der Waals surface area contributed by atoms with E-state index in [1.54, 1.807) is 18.0 Å². The van der Waals surface area contributed by atoms with Crippen LogP contribution in [0.4, 0.5) is 11.4 Å². The lowest BCUT2D eigenvalue weighted by atomic mass is 10.0. The molecule has 4 heteroatoms. The van der Waals surface area contributed by atoms with Gasteiger partial charge in [0.25, 0.3) is 5.91 Å². The van der Waals surface area contributed by atoms with Crippen LogP contribution in [0, 0.1) is 6.92 Å². The number of rotatable bonds is 3. The van der Waals surface area contributed by atoms with Crippen molar-refractivity contribution in [2.75, 3.05) is 16.9 Å². The van der Waals surface area contributed by atoms with Crippen molar-refractivity contribution in [3.05, 3.63) is 59.8 Å². The number of aryl methyl sites for hydroxylation is 1. The molecule has 2 N–H and O–H groups in total. The van der Waals surface area contributed by atoms with Crippen molar-refractivity contribution in [1.29, 1.82) is 0 Å². The Labute approximate surface area is 128 Å². The van der Waals surface area contributed by atoms with E-state index in [0.29, 0.717) is 5.57 Å². The van der Waals surface area contributed by atoms with Crippen molar-refractivity contribution in [3.63, 3.8) is 0 Å². The van der Waals surface area contributed by atoms with Gasteiger partial charge in [0.05, 0.1) is 5.57 Å². The van der Waals surface area contributed by atoms with Gasteiger partial charge >= 0.3 is 0 Å². The maximum atomic E-state index is 12.1. The summed E-state index contributed by atoms with van der Waals surface area (Å²) in [5.74, 6) is -0.0625. The Morgan fingerprint density at radius 2 is 1.90 bits per heavy atom. The summed E-state index contributed by atoms with van der Waals surface area (Å²) in [6, 6.07) is 14.0. The number of hydrogen-bond acceptors (Lipinski definition) is 3. The highest BCUT2D eigenvalue weighted by Crippen LogP contribution is 2.34. The molecule has 0 aromatic heterocycles. The van der Waals surface area contributed by atoms with E-state index in [1.165, 1.54) is 4.90 Å². The third kappa shape index (κ3) is 2.67. The highest BCUT2D eigenvalue weighted by molar-refractivity contribution is 7.98. The smallest absolute Gasteiger partial charge is 0.257 e. The predicted molar refractivity (Wildman–Crippen MR) is 89.6 cm³/mol. The van der Waals surface area contributed by atoms with Crippen molar-refractivity contribution in [1.82, 2.24) is 0 Å². The number of nitrogens with one attached hydrogen (secondary N) is 2. The summed E-state index contributed by atoms with van der Waals surface area (Å²) in [7, 11) is 0. The van der Waals surface area contributed by atoms with Crippen LogP contribution in [0.15, 0.2) is 53.6 Å². The zero-order chi connectivity index (χ0) is 14.8. The van der Waals surface area contributed by atoms with Gasteiger partial charge in [0.1, 0.15) is 0 Å². The molecule has 1 amide bonds. The normalized spacial score (nSPS) is 15.0. The zero-order valence-electron chi connectivity index (χ0n) is 11.9. The first-order chi connectivity index (χ1) is 10.2. The minimum absolute atomic E-state index is 0.0625. The fraction of sp³-hybridized carbons (Fsp3) is 0.118. The minimum Gasteiger partial charge on any atom is -0.361 e. The van der Waals surface area contributed by atoms with Crippen LogP contribution in [0.3, 0.4) is 0 Å². The first-order valence-electron chi connectivity index (χ1n) is 6.71. The molecule has 106 valence electrons. The lowest BCUT2D eigenvalue weighted by Gasteiger charge is -2.05. The number of thioether (sulfide) groups is 1. The zero-order valence-corrected chi connectivity index (χ0v) is 12.8. The van der Waals surface area contributed by atoms with E-state index < -0.39 is 0 Å². The summed E-state index contributed by atoms with van der Waals surface area (Å²) in [6.45, 7) is 2.01. The summed E-state index contributed by atoms with van der Waals surface area (Å²) < 4.78 is 0. The van der Waals surface area contributed by atoms with Crippen LogP contribution in [0.2, 0.25) is 0 Å². The Bertz CT molecular complexity index is 720. The summed E-state index contributed by atoms with van der Waals surface area (Å²) in [6.07, 6.45) is 3.83. The van der Waals surface area contributed by atoms with Crippen LogP contribution in [-0.2, 0) is 4.79 Å². The van der Waals surface area contributed by atoms with Crippen molar-refractivity contribution in [2.45, 2.75) is 11.8 Å². The molecule has 0 unspecified atom stereocenters. The molecule has 3 nitrogen and oxygen atoms in total. The number of carbonyl (C=O) groups excluding carboxylic acids is 1. The molecule has 0 saturated heterocycles. The average Bonchev–Trinajstić information content (AvgIpc) is 2.82. The molecular formula is C17H16N2OS. The van der Waals surface area contributed by atoms with Crippen molar-refractivity contribution >= 4 is 34.6 Å². The largest absolute Gasteiger partial charge is 0.361 e. The van der Waals surface area contributed by atoms with Gasteiger partial charge in [0.15, 0.2) is 0 Å². The van der Waals surface area contributed by atoms with Crippen LogP contribution in [0.1, 0.15) is 11.1 Å². The highest BCUT2D eigenvalue weighted by atomic mass is 32.2. The maximum absolute atomic E-state index is 12.1. The van der Waals surface area contributed by atoms with Gasteiger partial charge in [-0.1, -0.05) is 12.1 Å². The van der Waals surface area contributed by atoms with E-state index in [-0.39, 0.29) is 5.91 Å². The summed E-state index contributed by atoms with van der Waals surface area (Å²) >= 11 is 1.71. The van der Waals surface area contributed by atoms with Gasteiger partial charge in [-0.3, -0.25) is 4.79 Å². The van der Waals surface area contributed by atoms with Crippen LogP contribution in [0.25, 0.3) is 5.57 Å². The molecular weight excluding hydrogens is 280 g/mol. The Morgan fingerprint density at radius 1 is 1.14 bits per heavy atom. The number of benzene rings is 2. The Balaban J connectivity index is 1.88. The van der Waals surface area contributed by atoms with Crippen molar-refractivity contribution < 1.29 is 4.79 Å². The molecule has 0 fully saturated rings. The SMILES string of the molecule is CSc1ccc(N/C=C2/C(=O)Nc3cccc(C)c32)cc1. The second-order valence-electron chi connectivity index (χ2n) is 4.88. The molecule has 0 spiro atoms. The molecule has 2 aromatic carbocycles. The van der Waals surface area contributed by atoms with E-state index in [9.17, 15) is 4.79 Å². The summed E-state index contributed by atoms with van der Waals surface area (Å²) in [5, 5.41) is 6.10. The number of carbonyl (C=O) groups is 1. The molecule has 0 radical (unpaired) electrons. The average molecular weight is 296 g/mol. The Kier molecular flexibility index (Phi) is 3.71. The number of amides is 1. The van der Waals surface area contributed by atoms with E-state index in [2.05, 4.69) is 22.8 Å². The third-order valence-electron chi connectivity index (χ3n) is 3.51. The van der Waals surface area contributed by atoms with E-state index >= 15 is 0 Å². The van der Waals surface area contributed by atoms with E-state index in [1.807, 2.05) is 43.5 Å². The van der Waals surface area contributed by atoms with E-state index in [4.69, 9.17) is 0 Å². The van der Waals surface area contributed by atoms with Crippen LogP contribution < -0.4 is 10.6 Å². The first-order valence-corrected chi connectivity index (χ1v) is 7.93. The Hall–Kier alpha value is -2.20. The highest BCUT2D eigenvalue weighted by Gasteiger charge is 2.25. The molecule has 2 aromatic rings. The lowest BCUT2D eigenvalue weighted by molar-refractivity contribution is -0.110. The molecule has 0 saturated carbocycles. The van der Waals surface area contributed by atoms with Gasteiger partial charge in [-0.05, 0) is 49.1 Å². The molecule has 0 bridgehead atoms. The van der Waals surface area contributed by atoms with Crippen molar-refractivity contribution in [3.8, 4) is 0 Å². The second-order valence-corrected chi connectivity index (χ2v) is 5.76. The summed E-state index contributed by atoms with van der Waals surface area (Å²) in [5.41, 5.74) is 4.60. The van der Waals surface area contributed by atoms with Gasteiger partial charge in [0.2, 0.25) is 0 Å². The van der Waals surface area contributed by atoms with Gasteiger partial charge in [-0.15, -0.1) is 11.8 Å². The maximum Gasteiger partial charge on any atom is 0.257 e. The molecule has 1 aliphatic rings. The van der Waals surface area contributed by atoms with Gasteiger partial charge in [0, 0.05) is 28.0 Å². The third-order valence-corrected chi connectivity index (χ3v) is 4.25.